The Morgan fingerprint density at radius 2 is 1.33 bits per heavy atom. The van der Waals surface area contributed by atoms with Crippen LogP contribution in [0.15, 0.2) is 60.7 Å². The van der Waals surface area contributed by atoms with E-state index in [1.807, 2.05) is 43.0 Å². The van der Waals surface area contributed by atoms with E-state index in [1.54, 1.807) is 0 Å². The highest BCUT2D eigenvalue weighted by Gasteiger charge is 2.29. The quantitative estimate of drug-likeness (QED) is 0.744. The molecule has 2 aromatic rings. The number of hydrogen-bond acceptors (Lipinski definition) is 1. The molecule has 1 nitrogen and oxygen atoms in total. The summed E-state index contributed by atoms with van der Waals surface area (Å²) in [5, 5.41) is 0. The van der Waals surface area contributed by atoms with Gasteiger partial charge in [-0.05, 0) is 24.5 Å². The summed E-state index contributed by atoms with van der Waals surface area (Å²) < 4.78 is 6.03. The highest BCUT2D eigenvalue weighted by Crippen LogP contribution is 2.33. The summed E-state index contributed by atoms with van der Waals surface area (Å²) in [5.74, 6) is 0. The highest BCUT2D eigenvalue weighted by molar-refractivity contribution is 5.35. The van der Waals surface area contributed by atoms with E-state index >= 15 is 0 Å². The van der Waals surface area contributed by atoms with Crippen LogP contribution in [0, 0.1) is 6.61 Å². The van der Waals surface area contributed by atoms with Gasteiger partial charge in [0.1, 0.15) is 5.60 Å². The van der Waals surface area contributed by atoms with Gasteiger partial charge in [-0.1, -0.05) is 67.6 Å². The first-order valence-electron chi connectivity index (χ1n) is 6.38. The fourth-order valence-corrected chi connectivity index (χ4v) is 2.07. The third-order valence-electron chi connectivity index (χ3n) is 3.14. The van der Waals surface area contributed by atoms with E-state index in [4.69, 9.17) is 4.74 Å². The molecule has 0 aliphatic carbocycles. The molecule has 2 aromatic carbocycles. The van der Waals surface area contributed by atoms with E-state index in [0.717, 1.165) is 6.42 Å². The molecule has 0 amide bonds. The van der Waals surface area contributed by atoms with Crippen LogP contribution < -0.4 is 0 Å². The topological polar surface area (TPSA) is 9.23 Å². The molecule has 2 rings (SSSR count). The maximum absolute atomic E-state index is 6.03. The Balaban J connectivity index is 2.41. The number of benzene rings is 2. The van der Waals surface area contributed by atoms with Crippen LogP contribution in [0.4, 0.5) is 0 Å². The van der Waals surface area contributed by atoms with Crippen molar-refractivity contribution in [1.82, 2.24) is 0 Å². The fourth-order valence-electron chi connectivity index (χ4n) is 2.07. The van der Waals surface area contributed by atoms with Gasteiger partial charge < -0.3 is 4.74 Å². The van der Waals surface area contributed by atoms with Gasteiger partial charge in [0.25, 0.3) is 0 Å². The second-order valence-electron chi connectivity index (χ2n) is 4.46. The first-order valence-corrected chi connectivity index (χ1v) is 6.38. The molecule has 18 heavy (non-hydrogen) atoms. The first-order chi connectivity index (χ1) is 8.77. The van der Waals surface area contributed by atoms with Crippen molar-refractivity contribution >= 4 is 0 Å². The molecule has 0 spiro atoms. The standard InChI is InChI=1S/C17H19O/c1-3-14-18-17(2,15-10-6-4-7-11-15)16-12-8-5-9-13-16/h4-14H,3H2,1-2H3. The molecular formula is C17H19O. The molecule has 1 radical (unpaired) electrons. The zero-order valence-corrected chi connectivity index (χ0v) is 11.0. The molecule has 0 N–H and O–H groups in total. The summed E-state index contributed by atoms with van der Waals surface area (Å²) in [6.45, 7) is 6.07. The van der Waals surface area contributed by atoms with Crippen molar-refractivity contribution in [2.45, 2.75) is 25.9 Å². The van der Waals surface area contributed by atoms with Crippen molar-refractivity contribution in [2.75, 3.05) is 0 Å². The second kappa shape index (κ2) is 5.83. The van der Waals surface area contributed by atoms with E-state index in [2.05, 4.69) is 38.1 Å². The SMILES string of the molecule is CC[CH]OC(C)(c1ccccc1)c1ccccc1. The molecule has 0 saturated heterocycles. The van der Waals surface area contributed by atoms with Gasteiger partial charge in [0, 0.05) is 0 Å². The summed E-state index contributed by atoms with van der Waals surface area (Å²) in [6.07, 6.45) is 0.898. The van der Waals surface area contributed by atoms with Gasteiger partial charge in [-0.15, -0.1) is 0 Å². The van der Waals surface area contributed by atoms with Gasteiger partial charge in [0.2, 0.25) is 0 Å². The summed E-state index contributed by atoms with van der Waals surface area (Å²) in [4.78, 5) is 0. The van der Waals surface area contributed by atoms with Crippen molar-refractivity contribution in [1.29, 1.82) is 0 Å². The van der Waals surface area contributed by atoms with Crippen LogP contribution in [0.2, 0.25) is 0 Å². The van der Waals surface area contributed by atoms with Gasteiger partial charge in [-0.25, -0.2) is 0 Å². The monoisotopic (exact) mass is 239 g/mol. The Hall–Kier alpha value is -1.60. The van der Waals surface area contributed by atoms with Gasteiger partial charge >= 0.3 is 0 Å². The van der Waals surface area contributed by atoms with Crippen molar-refractivity contribution in [3.05, 3.63) is 78.4 Å². The maximum Gasteiger partial charge on any atom is 0.116 e. The van der Waals surface area contributed by atoms with E-state index in [9.17, 15) is 0 Å². The first kappa shape index (κ1) is 12.8. The summed E-state index contributed by atoms with van der Waals surface area (Å²) >= 11 is 0. The van der Waals surface area contributed by atoms with Gasteiger partial charge in [-0.2, -0.15) is 0 Å². The third-order valence-corrected chi connectivity index (χ3v) is 3.14. The predicted molar refractivity (Wildman–Crippen MR) is 75.0 cm³/mol. The molecule has 0 heterocycles. The van der Waals surface area contributed by atoms with Crippen LogP contribution in [0.3, 0.4) is 0 Å². The molecule has 0 atom stereocenters. The van der Waals surface area contributed by atoms with Crippen LogP contribution in [-0.2, 0) is 10.3 Å². The Labute approximate surface area is 109 Å². The lowest BCUT2D eigenvalue weighted by atomic mass is 9.88. The molecule has 93 valence electrons. The van der Waals surface area contributed by atoms with Crippen LogP contribution in [0.5, 0.6) is 0 Å². The second-order valence-corrected chi connectivity index (χ2v) is 4.46. The molecule has 1 heteroatoms. The van der Waals surface area contributed by atoms with Gasteiger partial charge in [-0.3, -0.25) is 0 Å². The Bertz CT molecular complexity index is 422. The number of hydrogen-bond donors (Lipinski definition) is 0. The van der Waals surface area contributed by atoms with Crippen molar-refractivity contribution in [2.24, 2.45) is 0 Å². The molecule has 0 bridgehead atoms. The van der Waals surface area contributed by atoms with E-state index < -0.39 is 5.60 Å². The zero-order chi connectivity index (χ0) is 12.8. The molecule has 0 saturated carbocycles. The van der Waals surface area contributed by atoms with Crippen molar-refractivity contribution in [3.63, 3.8) is 0 Å². The summed E-state index contributed by atoms with van der Waals surface area (Å²) in [7, 11) is 0. The molecule has 0 fully saturated rings. The summed E-state index contributed by atoms with van der Waals surface area (Å²) in [5.41, 5.74) is 1.92. The minimum atomic E-state index is -0.418. The lowest BCUT2D eigenvalue weighted by Crippen LogP contribution is -2.26. The van der Waals surface area contributed by atoms with Crippen molar-refractivity contribution < 1.29 is 4.74 Å². The van der Waals surface area contributed by atoms with Crippen LogP contribution >= 0.6 is 0 Å². The number of ether oxygens (including phenoxy) is 1. The van der Waals surface area contributed by atoms with Gasteiger partial charge in [0.15, 0.2) is 0 Å². The van der Waals surface area contributed by atoms with E-state index in [0.29, 0.717) is 0 Å². The van der Waals surface area contributed by atoms with Crippen molar-refractivity contribution in [3.8, 4) is 0 Å². The Morgan fingerprint density at radius 1 is 0.889 bits per heavy atom. The van der Waals surface area contributed by atoms with E-state index in [1.165, 1.54) is 11.1 Å². The largest absolute Gasteiger partial charge is 0.360 e. The van der Waals surface area contributed by atoms with Gasteiger partial charge in [0.05, 0.1) is 6.61 Å². The highest BCUT2D eigenvalue weighted by atomic mass is 16.5. The normalized spacial score (nSPS) is 11.4. The molecule has 0 unspecified atom stereocenters. The van der Waals surface area contributed by atoms with E-state index in [-0.39, 0.29) is 0 Å². The summed E-state index contributed by atoms with van der Waals surface area (Å²) in [6, 6.07) is 20.7. The predicted octanol–water partition coefficient (Wildman–Crippen LogP) is 4.54. The lowest BCUT2D eigenvalue weighted by molar-refractivity contribution is 0.0395. The average molecular weight is 239 g/mol. The molecule has 0 aromatic heterocycles. The number of rotatable bonds is 5. The smallest absolute Gasteiger partial charge is 0.116 e. The fraction of sp³-hybridized carbons (Fsp3) is 0.235. The lowest BCUT2D eigenvalue weighted by Gasteiger charge is -2.31. The molecule has 0 aliphatic rings. The third kappa shape index (κ3) is 2.62. The van der Waals surface area contributed by atoms with Crippen LogP contribution in [0.1, 0.15) is 31.4 Å². The molecule has 0 aliphatic heterocycles. The minimum Gasteiger partial charge on any atom is -0.360 e. The minimum absolute atomic E-state index is 0.418. The Kier molecular flexibility index (Phi) is 4.16. The molecular weight excluding hydrogens is 220 g/mol. The van der Waals surface area contributed by atoms with Crippen LogP contribution in [0.25, 0.3) is 0 Å². The Morgan fingerprint density at radius 3 is 1.72 bits per heavy atom. The zero-order valence-electron chi connectivity index (χ0n) is 11.0. The van der Waals surface area contributed by atoms with Crippen LogP contribution in [-0.4, -0.2) is 0 Å². The maximum atomic E-state index is 6.03. The average Bonchev–Trinajstić information content (AvgIpc) is 2.46.